The molecule has 0 aliphatic carbocycles. The van der Waals surface area contributed by atoms with Gasteiger partial charge in [0.25, 0.3) is 5.91 Å². The molecule has 1 aliphatic heterocycles. The summed E-state index contributed by atoms with van der Waals surface area (Å²) in [6.07, 6.45) is 4.78. The number of furan rings is 1. The number of carbonyl (C=O) groups is 2. The fourth-order valence-electron chi connectivity index (χ4n) is 2.91. The Morgan fingerprint density at radius 1 is 1.29 bits per heavy atom. The second kappa shape index (κ2) is 7.34. The van der Waals surface area contributed by atoms with Gasteiger partial charge in [-0.05, 0) is 56.2 Å². The smallest absolute Gasteiger partial charge is 0.251 e. The minimum atomic E-state index is -0.0961. The van der Waals surface area contributed by atoms with Crippen molar-refractivity contribution >= 4 is 17.5 Å². The average Bonchev–Trinajstić information content (AvgIpc) is 3.24. The summed E-state index contributed by atoms with van der Waals surface area (Å²) in [5.74, 6) is 0.982. The van der Waals surface area contributed by atoms with Crippen LogP contribution in [0.25, 0.3) is 0 Å². The second-order valence-corrected chi connectivity index (χ2v) is 6.19. The van der Waals surface area contributed by atoms with Gasteiger partial charge in [0.1, 0.15) is 5.76 Å². The number of hydrogen-bond acceptors (Lipinski definition) is 3. The summed E-state index contributed by atoms with van der Waals surface area (Å²) in [5.41, 5.74) is 1.47. The molecule has 1 fully saturated rings. The van der Waals surface area contributed by atoms with Gasteiger partial charge in [0.05, 0.1) is 6.26 Å². The Hall–Kier alpha value is -2.56. The first-order valence-corrected chi connectivity index (χ1v) is 8.37. The highest BCUT2D eigenvalue weighted by Gasteiger charge is 2.21. The van der Waals surface area contributed by atoms with Gasteiger partial charge in [0.2, 0.25) is 5.91 Å². The van der Waals surface area contributed by atoms with E-state index in [2.05, 4.69) is 5.32 Å². The van der Waals surface area contributed by atoms with Crippen LogP contribution in [0.4, 0.5) is 5.69 Å². The quantitative estimate of drug-likeness (QED) is 0.887. The number of rotatable bonds is 6. The Morgan fingerprint density at radius 3 is 2.71 bits per heavy atom. The molecule has 24 heavy (non-hydrogen) atoms. The molecule has 5 nitrogen and oxygen atoms in total. The molecule has 1 unspecified atom stereocenters. The van der Waals surface area contributed by atoms with E-state index in [1.807, 2.05) is 31.2 Å². The van der Waals surface area contributed by atoms with Crippen molar-refractivity contribution < 1.29 is 14.0 Å². The molecule has 2 heterocycles. The van der Waals surface area contributed by atoms with Gasteiger partial charge >= 0.3 is 0 Å². The molecule has 1 N–H and O–H groups in total. The Morgan fingerprint density at radius 2 is 2.08 bits per heavy atom. The molecular weight excluding hydrogens is 304 g/mol. The topological polar surface area (TPSA) is 62.6 Å². The van der Waals surface area contributed by atoms with Gasteiger partial charge in [-0.1, -0.05) is 0 Å². The van der Waals surface area contributed by atoms with Crippen molar-refractivity contribution in [3.8, 4) is 0 Å². The summed E-state index contributed by atoms with van der Waals surface area (Å²) in [6, 6.07) is 11.1. The fourth-order valence-corrected chi connectivity index (χ4v) is 2.91. The van der Waals surface area contributed by atoms with Crippen molar-refractivity contribution in [3.05, 3.63) is 54.0 Å². The summed E-state index contributed by atoms with van der Waals surface area (Å²) in [4.78, 5) is 25.8. The molecule has 3 rings (SSSR count). The van der Waals surface area contributed by atoms with E-state index in [4.69, 9.17) is 4.42 Å². The van der Waals surface area contributed by atoms with Gasteiger partial charge in [-0.25, -0.2) is 0 Å². The van der Waals surface area contributed by atoms with Crippen molar-refractivity contribution in [2.24, 2.45) is 0 Å². The van der Waals surface area contributed by atoms with Gasteiger partial charge < -0.3 is 14.6 Å². The van der Waals surface area contributed by atoms with Crippen LogP contribution in [-0.4, -0.2) is 24.4 Å². The van der Waals surface area contributed by atoms with Crippen LogP contribution in [0, 0.1) is 0 Å². The minimum Gasteiger partial charge on any atom is -0.469 e. The molecule has 1 aliphatic rings. The molecule has 5 heteroatoms. The minimum absolute atomic E-state index is 0.0578. The fraction of sp³-hybridized carbons (Fsp3) is 0.368. The Bertz CT molecular complexity index is 692. The van der Waals surface area contributed by atoms with Gasteiger partial charge in [-0.3, -0.25) is 9.59 Å². The zero-order valence-corrected chi connectivity index (χ0v) is 13.8. The van der Waals surface area contributed by atoms with E-state index in [0.717, 1.165) is 37.3 Å². The first-order valence-electron chi connectivity index (χ1n) is 8.37. The molecule has 0 saturated carbocycles. The Kier molecular flexibility index (Phi) is 4.99. The largest absolute Gasteiger partial charge is 0.469 e. The first-order chi connectivity index (χ1) is 11.6. The number of amides is 2. The molecule has 0 spiro atoms. The lowest BCUT2D eigenvalue weighted by atomic mass is 10.1. The molecule has 1 aromatic carbocycles. The van der Waals surface area contributed by atoms with Crippen LogP contribution in [-0.2, 0) is 11.2 Å². The maximum Gasteiger partial charge on any atom is 0.251 e. The highest BCUT2D eigenvalue weighted by Crippen LogP contribution is 2.21. The normalized spacial score (nSPS) is 15.5. The highest BCUT2D eigenvalue weighted by molar-refractivity contribution is 5.97. The lowest BCUT2D eigenvalue weighted by Gasteiger charge is -2.17. The molecule has 2 aromatic rings. The van der Waals surface area contributed by atoms with E-state index in [9.17, 15) is 9.59 Å². The van der Waals surface area contributed by atoms with Gasteiger partial charge in [0.15, 0.2) is 0 Å². The number of carbonyl (C=O) groups excluding carboxylic acids is 2. The van der Waals surface area contributed by atoms with Crippen LogP contribution in [0.3, 0.4) is 0 Å². The number of benzene rings is 1. The van der Waals surface area contributed by atoms with E-state index in [-0.39, 0.29) is 17.9 Å². The van der Waals surface area contributed by atoms with E-state index >= 15 is 0 Å². The lowest BCUT2D eigenvalue weighted by Crippen LogP contribution is -2.33. The zero-order chi connectivity index (χ0) is 16.9. The number of hydrogen-bond donors (Lipinski definition) is 1. The molecule has 126 valence electrons. The van der Waals surface area contributed by atoms with Crippen molar-refractivity contribution in [2.75, 3.05) is 11.4 Å². The van der Waals surface area contributed by atoms with E-state index in [1.165, 1.54) is 0 Å². The molecule has 0 bridgehead atoms. The number of nitrogens with zero attached hydrogens (tertiary/aromatic N) is 1. The van der Waals surface area contributed by atoms with E-state index < -0.39 is 0 Å². The van der Waals surface area contributed by atoms with E-state index in [0.29, 0.717) is 12.0 Å². The third-order valence-corrected chi connectivity index (χ3v) is 4.30. The third-order valence-electron chi connectivity index (χ3n) is 4.30. The van der Waals surface area contributed by atoms with Crippen molar-refractivity contribution in [2.45, 2.75) is 38.6 Å². The molecule has 2 amide bonds. The first kappa shape index (κ1) is 16.3. The average molecular weight is 326 g/mol. The summed E-state index contributed by atoms with van der Waals surface area (Å²) in [5, 5.41) is 3.00. The van der Waals surface area contributed by atoms with Gasteiger partial charge in [-0.15, -0.1) is 0 Å². The third kappa shape index (κ3) is 3.85. The SMILES string of the molecule is CC(CCc1ccco1)NC(=O)c1ccc(N2CCCC2=O)cc1. The molecule has 1 atom stereocenters. The maximum atomic E-state index is 12.3. The monoisotopic (exact) mass is 326 g/mol. The number of anilines is 1. The number of aryl methyl sites for hydroxylation is 1. The standard InChI is InChI=1S/C19H22N2O3/c1-14(6-11-17-4-3-13-24-17)20-19(23)15-7-9-16(10-8-15)21-12-2-5-18(21)22/h3-4,7-10,13-14H,2,5-6,11-12H2,1H3,(H,20,23). The maximum absolute atomic E-state index is 12.3. The Labute approximate surface area is 141 Å². The predicted octanol–water partition coefficient (Wildman–Crippen LogP) is 3.16. The number of nitrogens with one attached hydrogen (secondary N) is 1. The predicted molar refractivity (Wildman–Crippen MR) is 92.0 cm³/mol. The second-order valence-electron chi connectivity index (χ2n) is 6.19. The molecule has 1 aromatic heterocycles. The van der Waals surface area contributed by atoms with Crippen LogP contribution in [0.2, 0.25) is 0 Å². The summed E-state index contributed by atoms with van der Waals surface area (Å²) < 4.78 is 5.30. The van der Waals surface area contributed by atoms with Crippen LogP contribution in [0.15, 0.2) is 47.1 Å². The van der Waals surface area contributed by atoms with Crippen LogP contribution in [0.1, 0.15) is 42.3 Å². The Balaban J connectivity index is 1.53. The molecular formula is C19H22N2O3. The molecule has 0 radical (unpaired) electrons. The van der Waals surface area contributed by atoms with Crippen molar-refractivity contribution in [3.63, 3.8) is 0 Å². The van der Waals surface area contributed by atoms with Crippen LogP contribution < -0.4 is 10.2 Å². The summed E-state index contributed by atoms with van der Waals surface area (Å²) in [6.45, 7) is 2.74. The summed E-state index contributed by atoms with van der Waals surface area (Å²) in [7, 11) is 0. The van der Waals surface area contributed by atoms with Gasteiger partial charge in [0, 0.05) is 36.7 Å². The van der Waals surface area contributed by atoms with Crippen molar-refractivity contribution in [1.82, 2.24) is 5.32 Å². The van der Waals surface area contributed by atoms with Gasteiger partial charge in [-0.2, -0.15) is 0 Å². The van der Waals surface area contributed by atoms with Crippen LogP contribution >= 0.6 is 0 Å². The highest BCUT2D eigenvalue weighted by atomic mass is 16.3. The van der Waals surface area contributed by atoms with E-state index in [1.54, 1.807) is 23.3 Å². The van der Waals surface area contributed by atoms with Crippen LogP contribution in [0.5, 0.6) is 0 Å². The van der Waals surface area contributed by atoms with Crippen molar-refractivity contribution in [1.29, 1.82) is 0 Å². The zero-order valence-electron chi connectivity index (χ0n) is 13.8. The molecule has 1 saturated heterocycles. The lowest BCUT2D eigenvalue weighted by molar-refractivity contribution is -0.117. The summed E-state index contributed by atoms with van der Waals surface area (Å²) >= 11 is 0.